The van der Waals surface area contributed by atoms with Gasteiger partial charge in [-0.2, -0.15) is 0 Å². The minimum atomic E-state index is -1.37. The lowest BCUT2D eigenvalue weighted by Gasteiger charge is -2.30. The van der Waals surface area contributed by atoms with Crippen molar-refractivity contribution >= 4 is 5.97 Å². The second-order valence-corrected chi connectivity index (χ2v) is 5.94. The number of carbonyl (C=O) groups is 1. The summed E-state index contributed by atoms with van der Waals surface area (Å²) in [6.45, 7) is 0.778. The van der Waals surface area contributed by atoms with E-state index in [0.29, 0.717) is 37.5 Å². The molecule has 0 saturated carbocycles. The molecule has 2 unspecified atom stereocenters. The number of aliphatic hydroxyl groups is 1. The predicted octanol–water partition coefficient (Wildman–Crippen LogP) is 2.42. The number of pyridine rings is 1. The number of hydrogen-bond donors (Lipinski definition) is 1. The molecule has 0 bridgehead atoms. The lowest BCUT2D eigenvalue weighted by Crippen LogP contribution is -2.45. The molecule has 1 aromatic carbocycles. The molecule has 6 heteroatoms. The molecular formula is C19H21NO5. The monoisotopic (exact) mass is 343 g/mol. The minimum absolute atomic E-state index is 0.367. The Balaban J connectivity index is 1.77. The van der Waals surface area contributed by atoms with Crippen molar-refractivity contribution in [1.29, 1.82) is 0 Å². The Bertz CT molecular complexity index is 713. The molecule has 132 valence electrons. The number of aliphatic hydroxyl groups excluding tert-OH is 1. The minimum Gasteiger partial charge on any atom is -0.473 e. The molecule has 0 radical (unpaired) electrons. The van der Waals surface area contributed by atoms with Crippen molar-refractivity contribution in [3.63, 3.8) is 0 Å². The number of benzene rings is 1. The summed E-state index contributed by atoms with van der Waals surface area (Å²) in [6.07, 6.45) is 1.49. The fourth-order valence-corrected chi connectivity index (χ4v) is 3.00. The van der Waals surface area contributed by atoms with Crippen molar-refractivity contribution in [3.8, 4) is 5.88 Å². The van der Waals surface area contributed by atoms with Gasteiger partial charge in [0, 0.05) is 18.9 Å². The predicted molar refractivity (Wildman–Crippen MR) is 89.9 cm³/mol. The largest absolute Gasteiger partial charge is 0.473 e. The summed E-state index contributed by atoms with van der Waals surface area (Å²) in [5.74, 6) is -0.195. The number of ether oxygens (including phenoxy) is 3. The van der Waals surface area contributed by atoms with Gasteiger partial charge in [0.25, 0.3) is 0 Å². The molecule has 1 aliphatic rings. The highest BCUT2D eigenvalue weighted by Gasteiger charge is 2.50. The Kier molecular flexibility index (Phi) is 5.31. The molecule has 6 nitrogen and oxygen atoms in total. The number of esters is 1. The molecule has 1 aromatic heterocycles. The van der Waals surface area contributed by atoms with Crippen LogP contribution in [0, 0.1) is 0 Å². The lowest BCUT2D eigenvalue weighted by molar-refractivity contribution is -0.178. The van der Waals surface area contributed by atoms with Crippen molar-refractivity contribution in [2.45, 2.75) is 31.2 Å². The quantitative estimate of drug-likeness (QED) is 0.812. The maximum absolute atomic E-state index is 12.2. The third kappa shape index (κ3) is 3.65. The summed E-state index contributed by atoms with van der Waals surface area (Å²) in [5.41, 5.74) is 0.151. The molecule has 2 aromatic rings. The Morgan fingerprint density at radius 2 is 2.16 bits per heavy atom. The zero-order valence-corrected chi connectivity index (χ0v) is 14.1. The summed E-state index contributed by atoms with van der Waals surface area (Å²) < 4.78 is 16.1. The SMILES string of the molecule is COC(=O)C1(C(O)c2ccnc(OCc3ccccc3)c2)CCCO1. The van der Waals surface area contributed by atoms with Crippen LogP contribution in [0.3, 0.4) is 0 Å². The molecule has 1 fully saturated rings. The van der Waals surface area contributed by atoms with E-state index in [4.69, 9.17) is 14.2 Å². The summed E-state index contributed by atoms with van der Waals surface area (Å²) in [7, 11) is 1.29. The average molecular weight is 343 g/mol. The standard InChI is InChI=1S/C19H21NO5/c1-23-18(22)19(9-5-11-25-19)17(21)15-8-10-20-16(12-15)24-13-14-6-3-2-4-7-14/h2-4,6-8,10,12,17,21H,5,9,11,13H2,1H3. The number of rotatable bonds is 6. The molecule has 0 spiro atoms. The smallest absolute Gasteiger partial charge is 0.341 e. The Morgan fingerprint density at radius 1 is 1.36 bits per heavy atom. The van der Waals surface area contributed by atoms with Gasteiger partial charge in [0.15, 0.2) is 5.60 Å². The van der Waals surface area contributed by atoms with Crippen molar-refractivity contribution in [1.82, 2.24) is 4.98 Å². The highest BCUT2D eigenvalue weighted by atomic mass is 16.6. The van der Waals surface area contributed by atoms with E-state index in [2.05, 4.69) is 4.98 Å². The van der Waals surface area contributed by atoms with Gasteiger partial charge in [0.1, 0.15) is 12.7 Å². The van der Waals surface area contributed by atoms with Gasteiger partial charge >= 0.3 is 5.97 Å². The van der Waals surface area contributed by atoms with E-state index in [1.54, 1.807) is 18.3 Å². The average Bonchev–Trinajstić information content (AvgIpc) is 3.17. The number of hydrogen-bond acceptors (Lipinski definition) is 6. The normalized spacial score (nSPS) is 20.9. The van der Waals surface area contributed by atoms with Gasteiger partial charge in [-0.25, -0.2) is 9.78 Å². The van der Waals surface area contributed by atoms with Gasteiger partial charge in [-0.15, -0.1) is 0 Å². The third-order valence-corrected chi connectivity index (χ3v) is 4.33. The first-order chi connectivity index (χ1) is 12.2. The van der Waals surface area contributed by atoms with E-state index in [9.17, 15) is 9.90 Å². The van der Waals surface area contributed by atoms with Gasteiger partial charge < -0.3 is 19.3 Å². The van der Waals surface area contributed by atoms with Crippen LogP contribution >= 0.6 is 0 Å². The summed E-state index contributed by atoms with van der Waals surface area (Å²) in [6, 6.07) is 13.0. The number of aromatic nitrogens is 1. The van der Waals surface area contributed by atoms with E-state index in [1.165, 1.54) is 7.11 Å². The van der Waals surface area contributed by atoms with E-state index < -0.39 is 17.7 Å². The van der Waals surface area contributed by atoms with Crippen LogP contribution < -0.4 is 4.74 Å². The molecule has 2 atom stereocenters. The van der Waals surface area contributed by atoms with Gasteiger partial charge in [0.05, 0.1) is 7.11 Å². The van der Waals surface area contributed by atoms with Crippen LogP contribution in [0.15, 0.2) is 48.7 Å². The molecule has 25 heavy (non-hydrogen) atoms. The maximum atomic E-state index is 12.2. The van der Waals surface area contributed by atoms with Gasteiger partial charge in [-0.1, -0.05) is 30.3 Å². The Hall–Kier alpha value is -2.44. The molecule has 0 aliphatic carbocycles. The van der Waals surface area contributed by atoms with Gasteiger partial charge in [0.2, 0.25) is 5.88 Å². The first kappa shape index (κ1) is 17.4. The highest BCUT2D eigenvalue weighted by molar-refractivity contribution is 5.81. The van der Waals surface area contributed by atoms with E-state index in [-0.39, 0.29) is 0 Å². The van der Waals surface area contributed by atoms with E-state index in [1.807, 2.05) is 30.3 Å². The van der Waals surface area contributed by atoms with Crippen molar-refractivity contribution < 1.29 is 24.1 Å². The van der Waals surface area contributed by atoms with Crippen molar-refractivity contribution in [3.05, 3.63) is 59.8 Å². The summed E-state index contributed by atoms with van der Waals surface area (Å²) in [4.78, 5) is 16.4. The summed E-state index contributed by atoms with van der Waals surface area (Å²) >= 11 is 0. The van der Waals surface area contributed by atoms with Crippen LogP contribution in [0.5, 0.6) is 5.88 Å². The summed E-state index contributed by atoms with van der Waals surface area (Å²) in [5, 5.41) is 10.8. The second-order valence-electron chi connectivity index (χ2n) is 5.94. The maximum Gasteiger partial charge on any atom is 0.341 e. The zero-order chi connectivity index (χ0) is 17.7. The van der Waals surface area contributed by atoms with Crippen LogP contribution in [0.1, 0.15) is 30.1 Å². The number of methoxy groups -OCH3 is 1. The van der Waals surface area contributed by atoms with Crippen molar-refractivity contribution in [2.24, 2.45) is 0 Å². The number of carbonyl (C=O) groups excluding carboxylic acids is 1. The fourth-order valence-electron chi connectivity index (χ4n) is 3.00. The van der Waals surface area contributed by atoms with Gasteiger partial charge in [-0.05, 0) is 30.0 Å². The fraction of sp³-hybridized carbons (Fsp3) is 0.368. The third-order valence-electron chi connectivity index (χ3n) is 4.33. The van der Waals surface area contributed by atoms with Crippen molar-refractivity contribution in [2.75, 3.05) is 13.7 Å². The highest BCUT2D eigenvalue weighted by Crippen LogP contribution is 2.39. The van der Waals surface area contributed by atoms with Crippen LogP contribution in [-0.2, 0) is 20.9 Å². The molecule has 0 amide bonds. The first-order valence-corrected chi connectivity index (χ1v) is 8.19. The van der Waals surface area contributed by atoms with E-state index >= 15 is 0 Å². The van der Waals surface area contributed by atoms with Crippen LogP contribution in [-0.4, -0.2) is 35.4 Å². The molecular weight excluding hydrogens is 322 g/mol. The molecule has 1 N–H and O–H groups in total. The topological polar surface area (TPSA) is 77.9 Å². The zero-order valence-electron chi connectivity index (χ0n) is 14.1. The lowest BCUT2D eigenvalue weighted by atomic mass is 9.89. The van der Waals surface area contributed by atoms with Gasteiger partial charge in [-0.3, -0.25) is 0 Å². The number of nitrogens with zero attached hydrogens (tertiary/aromatic N) is 1. The molecule has 3 rings (SSSR count). The second kappa shape index (κ2) is 7.63. The van der Waals surface area contributed by atoms with E-state index in [0.717, 1.165) is 5.56 Å². The molecule has 1 aliphatic heterocycles. The Morgan fingerprint density at radius 3 is 2.84 bits per heavy atom. The molecule has 1 saturated heterocycles. The van der Waals surface area contributed by atoms with Crippen LogP contribution in [0.25, 0.3) is 0 Å². The first-order valence-electron chi connectivity index (χ1n) is 8.19. The molecule has 2 heterocycles. The van der Waals surface area contributed by atoms with Crippen LogP contribution in [0.2, 0.25) is 0 Å². The van der Waals surface area contributed by atoms with Crippen LogP contribution in [0.4, 0.5) is 0 Å². The Labute approximate surface area is 146 Å².